The summed E-state index contributed by atoms with van der Waals surface area (Å²) in [4.78, 5) is 26.9. The zero-order chi connectivity index (χ0) is 32.8. The van der Waals surface area contributed by atoms with E-state index in [0.29, 0.717) is 36.5 Å². The van der Waals surface area contributed by atoms with Crippen molar-refractivity contribution in [1.29, 1.82) is 0 Å². The van der Waals surface area contributed by atoms with Crippen LogP contribution in [0.3, 0.4) is 0 Å². The van der Waals surface area contributed by atoms with Crippen molar-refractivity contribution in [3.63, 3.8) is 0 Å². The highest BCUT2D eigenvalue weighted by Gasteiger charge is 2.30. The van der Waals surface area contributed by atoms with Crippen molar-refractivity contribution < 1.29 is 18.4 Å². The lowest BCUT2D eigenvalue weighted by Crippen LogP contribution is -2.40. The first-order valence-electron chi connectivity index (χ1n) is 15.6. The number of nitrogens with one attached hydrogen (secondary N) is 2. The molecule has 6 nitrogen and oxygen atoms in total. The van der Waals surface area contributed by atoms with Gasteiger partial charge in [0.25, 0.3) is 5.91 Å². The summed E-state index contributed by atoms with van der Waals surface area (Å²) in [6.45, 7) is 10.1. The van der Waals surface area contributed by atoms with E-state index in [1.165, 1.54) is 6.42 Å². The highest BCUT2D eigenvalue weighted by atomic mass is 32.1. The van der Waals surface area contributed by atoms with Crippen molar-refractivity contribution in [3.05, 3.63) is 100 Å². The Kier molecular flexibility index (Phi) is 14.6. The molecule has 0 aliphatic heterocycles. The molecule has 1 saturated carbocycles. The van der Waals surface area contributed by atoms with Gasteiger partial charge in [-0.25, -0.2) is 8.78 Å². The molecule has 4 rings (SSSR count). The number of hydrogen-bond acceptors (Lipinski definition) is 5. The van der Waals surface area contributed by atoms with Gasteiger partial charge >= 0.3 is 0 Å². The highest BCUT2D eigenvalue weighted by molar-refractivity contribution is 7.21. The Morgan fingerprint density at radius 1 is 1.11 bits per heavy atom. The topological polar surface area (TPSA) is 87.5 Å². The maximum absolute atomic E-state index is 14.5. The fourth-order valence-corrected chi connectivity index (χ4v) is 6.70. The summed E-state index contributed by atoms with van der Waals surface area (Å²) < 4.78 is 29.2. The van der Waals surface area contributed by atoms with Crippen LogP contribution in [-0.4, -0.2) is 49.4 Å². The molecule has 4 N–H and O–H groups in total. The molecule has 1 fully saturated rings. The van der Waals surface area contributed by atoms with Crippen molar-refractivity contribution in [2.75, 3.05) is 26.7 Å². The molecule has 2 aromatic carbocycles. The van der Waals surface area contributed by atoms with E-state index < -0.39 is 11.6 Å². The Balaban J connectivity index is 0.000000477. The van der Waals surface area contributed by atoms with Crippen molar-refractivity contribution >= 4 is 38.8 Å². The molecule has 45 heavy (non-hydrogen) atoms. The molecular weight excluding hydrogens is 590 g/mol. The van der Waals surface area contributed by atoms with Crippen molar-refractivity contribution in [1.82, 2.24) is 15.5 Å². The second kappa shape index (κ2) is 18.3. The molecular formula is C36H46F2N4O2S. The van der Waals surface area contributed by atoms with E-state index >= 15 is 0 Å². The van der Waals surface area contributed by atoms with Crippen LogP contribution in [0.4, 0.5) is 8.78 Å². The van der Waals surface area contributed by atoms with Gasteiger partial charge in [-0.3, -0.25) is 9.59 Å². The summed E-state index contributed by atoms with van der Waals surface area (Å²) in [5, 5.41) is 5.76. The number of carbonyl (C=O) groups is 2. The van der Waals surface area contributed by atoms with Crippen LogP contribution in [0, 0.1) is 18.6 Å². The number of benzene rings is 2. The number of rotatable bonds is 12. The number of thiophene rings is 1. The summed E-state index contributed by atoms with van der Waals surface area (Å²) in [6, 6.07) is 10.6. The lowest BCUT2D eigenvalue weighted by Gasteiger charge is -2.34. The van der Waals surface area contributed by atoms with Crippen LogP contribution in [0.2, 0.25) is 0 Å². The quantitative estimate of drug-likeness (QED) is 0.144. The molecule has 0 radical (unpaired) electrons. The first-order chi connectivity index (χ1) is 21.7. The highest BCUT2D eigenvalue weighted by Crippen LogP contribution is 2.37. The Hall–Kier alpha value is -3.66. The van der Waals surface area contributed by atoms with Crippen LogP contribution in [0.25, 0.3) is 15.7 Å². The van der Waals surface area contributed by atoms with E-state index in [1.54, 1.807) is 20.0 Å². The lowest BCUT2D eigenvalue weighted by molar-refractivity contribution is -0.120. The van der Waals surface area contributed by atoms with Crippen molar-refractivity contribution in [2.24, 2.45) is 5.73 Å². The van der Waals surface area contributed by atoms with Gasteiger partial charge in [0.05, 0.1) is 9.58 Å². The van der Waals surface area contributed by atoms with Gasteiger partial charge < -0.3 is 21.3 Å². The van der Waals surface area contributed by atoms with E-state index in [1.807, 2.05) is 48.3 Å². The van der Waals surface area contributed by atoms with Crippen LogP contribution >= 0.6 is 11.3 Å². The van der Waals surface area contributed by atoms with Gasteiger partial charge in [-0.2, -0.15) is 0 Å². The maximum Gasteiger partial charge on any atom is 0.264 e. The summed E-state index contributed by atoms with van der Waals surface area (Å²) in [5.74, 6) is -1.06. The number of fused-ring (bicyclic) bond motifs is 1. The average molecular weight is 637 g/mol. The molecule has 2 amide bonds. The zero-order valence-corrected chi connectivity index (χ0v) is 27.5. The van der Waals surface area contributed by atoms with Gasteiger partial charge in [-0.05, 0) is 67.2 Å². The van der Waals surface area contributed by atoms with Crippen LogP contribution in [-0.2, 0) is 11.3 Å². The predicted molar refractivity (Wildman–Crippen MR) is 183 cm³/mol. The molecule has 0 bridgehead atoms. The van der Waals surface area contributed by atoms with E-state index in [4.69, 9.17) is 5.73 Å². The largest absolute Gasteiger partial charge is 0.359 e. The van der Waals surface area contributed by atoms with Crippen molar-refractivity contribution in [3.8, 4) is 0 Å². The maximum atomic E-state index is 14.5. The number of carbonyl (C=O) groups excluding carboxylic acids is 2. The molecule has 0 saturated heterocycles. The van der Waals surface area contributed by atoms with Gasteiger partial charge in [0.15, 0.2) is 0 Å². The summed E-state index contributed by atoms with van der Waals surface area (Å²) in [6.07, 6.45) is 13.5. The fourth-order valence-electron chi connectivity index (χ4n) is 5.52. The Morgan fingerprint density at radius 2 is 1.84 bits per heavy atom. The molecule has 1 aliphatic carbocycles. The molecule has 1 heterocycles. The van der Waals surface area contributed by atoms with Crippen LogP contribution in [0.15, 0.2) is 67.3 Å². The molecule has 0 atom stereocenters. The summed E-state index contributed by atoms with van der Waals surface area (Å²) in [7, 11) is 1.63. The Labute approximate surface area is 270 Å². The SMILES string of the molecule is C=C/C=C(\C=C/C)c1cccc(CN(C(=O)c2sc3c(F)ccc(F)c3c2C)C2CCCCC2)c1.CNC(=O)CCNCCN. The van der Waals surface area contributed by atoms with Gasteiger partial charge in [0, 0.05) is 51.1 Å². The first-order valence-corrected chi connectivity index (χ1v) is 16.4. The number of halogens is 2. The van der Waals surface area contributed by atoms with E-state index in [0.717, 1.165) is 72.4 Å². The summed E-state index contributed by atoms with van der Waals surface area (Å²) >= 11 is 1.06. The Bertz CT molecular complexity index is 1510. The first kappa shape index (κ1) is 35.8. The van der Waals surface area contributed by atoms with E-state index in [9.17, 15) is 18.4 Å². The molecule has 1 aliphatic rings. The lowest BCUT2D eigenvalue weighted by atomic mass is 9.93. The average Bonchev–Trinajstić information content (AvgIpc) is 3.42. The molecule has 1 aromatic heterocycles. The van der Waals surface area contributed by atoms with Gasteiger partial charge in [0.1, 0.15) is 11.6 Å². The minimum Gasteiger partial charge on any atom is -0.359 e. The van der Waals surface area contributed by atoms with Gasteiger partial charge in [0.2, 0.25) is 5.91 Å². The van der Waals surface area contributed by atoms with Gasteiger partial charge in [-0.1, -0.05) is 68.3 Å². The predicted octanol–water partition coefficient (Wildman–Crippen LogP) is 7.28. The number of amides is 2. The van der Waals surface area contributed by atoms with E-state index in [-0.39, 0.29) is 27.9 Å². The van der Waals surface area contributed by atoms with Crippen LogP contribution in [0.5, 0.6) is 0 Å². The minimum atomic E-state index is -0.490. The Morgan fingerprint density at radius 3 is 2.49 bits per heavy atom. The smallest absolute Gasteiger partial charge is 0.264 e. The monoisotopic (exact) mass is 636 g/mol. The molecule has 242 valence electrons. The molecule has 3 aromatic rings. The van der Waals surface area contributed by atoms with Crippen LogP contribution < -0.4 is 16.4 Å². The third kappa shape index (κ3) is 9.91. The van der Waals surface area contributed by atoms with Crippen molar-refractivity contribution in [2.45, 2.75) is 65.0 Å². The number of nitrogens with zero attached hydrogens (tertiary/aromatic N) is 1. The molecule has 9 heteroatoms. The third-order valence-corrected chi connectivity index (χ3v) is 9.12. The fraction of sp³-hybridized carbons (Fsp3) is 0.389. The normalized spacial score (nSPS) is 13.9. The van der Waals surface area contributed by atoms with E-state index in [2.05, 4.69) is 23.3 Å². The molecule has 0 unspecified atom stereocenters. The number of allylic oxidation sites excluding steroid dienone is 5. The zero-order valence-electron chi connectivity index (χ0n) is 26.6. The summed E-state index contributed by atoms with van der Waals surface area (Å²) in [5.41, 5.74) is 8.86. The van der Waals surface area contributed by atoms with Gasteiger partial charge in [-0.15, -0.1) is 11.3 Å². The molecule has 0 spiro atoms. The third-order valence-electron chi connectivity index (χ3n) is 7.83. The number of hydrogen-bond donors (Lipinski definition) is 3. The number of aryl methyl sites for hydroxylation is 1. The minimum absolute atomic E-state index is 0.0597. The number of nitrogens with two attached hydrogens (primary N) is 1. The second-order valence-corrected chi connectivity index (χ2v) is 12.1. The van der Waals surface area contributed by atoms with Crippen LogP contribution in [0.1, 0.15) is 71.8 Å². The second-order valence-electron chi connectivity index (χ2n) is 11.0. The standard InChI is InChI=1S/C30H31F2NOS.C6H15N3O/c1-4-10-22(11-5-2)23-13-9-12-21(18-23)19-33(24-14-7-6-8-15-24)30(34)28-20(3)27-25(31)16-17-26(32)29(27)35-28;1-8-6(10)2-4-9-5-3-7/h4-5,9-13,16-18,24H,1,6-8,14-15,19H2,2-3H3;9H,2-5,7H2,1H3,(H,8,10)/b11-5-,22-10+;.